The molecule has 5 heteroatoms. The van der Waals surface area contributed by atoms with E-state index in [2.05, 4.69) is 31.2 Å². The molecule has 0 saturated heterocycles. The summed E-state index contributed by atoms with van der Waals surface area (Å²) in [6.07, 6.45) is 5.12. The van der Waals surface area contributed by atoms with Crippen LogP contribution in [0.3, 0.4) is 0 Å². The van der Waals surface area contributed by atoms with Crippen molar-refractivity contribution < 1.29 is 4.74 Å². The van der Waals surface area contributed by atoms with Crippen LogP contribution in [-0.4, -0.2) is 24.1 Å². The topological polar surface area (TPSA) is 47.0 Å². The molecule has 0 fully saturated rings. The molecule has 18 heavy (non-hydrogen) atoms. The van der Waals surface area contributed by atoms with E-state index in [0.717, 1.165) is 21.5 Å². The third-order valence-electron chi connectivity index (χ3n) is 2.68. The molecule has 0 radical (unpaired) electrons. The summed E-state index contributed by atoms with van der Waals surface area (Å²) in [4.78, 5) is 8.42. The second-order valence-electron chi connectivity index (χ2n) is 3.75. The molecule has 4 nitrogen and oxygen atoms in total. The fourth-order valence-corrected chi connectivity index (χ4v) is 2.37. The van der Waals surface area contributed by atoms with Crippen LogP contribution in [0.2, 0.25) is 0 Å². The quantitative estimate of drug-likeness (QED) is 0.943. The van der Waals surface area contributed by atoms with E-state index in [1.807, 2.05) is 25.2 Å². The summed E-state index contributed by atoms with van der Waals surface area (Å²) in [5.74, 6) is 0.813. The summed E-state index contributed by atoms with van der Waals surface area (Å²) < 4.78 is 6.15. The number of nitrogens with zero attached hydrogens (tertiary/aromatic N) is 2. The Hall–Kier alpha value is -1.46. The Bertz CT molecular complexity index is 519. The van der Waals surface area contributed by atoms with Gasteiger partial charge in [-0.3, -0.25) is 9.97 Å². The molecule has 94 valence electrons. The number of halogens is 1. The minimum atomic E-state index is 0.0147. The molecule has 1 atom stereocenters. The third-order valence-corrected chi connectivity index (χ3v) is 3.30. The summed E-state index contributed by atoms with van der Waals surface area (Å²) in [6, 6.07) is 5.98. The van der Waals surface area contributed by atoms with Crippen LogP contribution in [0.25, 0.3) is 0 Å². The number of nitrogens with one attached hydrogen (secondary N) is 1. The normalized spacial score (nSPS) is 12.2. The number of benzene rings is 1. The lowest BCUT2D eigenvalue weighted by molar-refractivity contribution is 0.412. The van der Waals surface area contributed by atoms with Crippen LogP contribution in [0.1, 0.15) is 17.3 Å². The highest BCUT2D eigenvalue weighted by molar-refractivity contribution is 9.10. The Balaban J connectivity index is 2.37. The molecule has 0 spiro atoms. The number of hydrogen-bond donors (Lipinski definition) is 1. The van der Waals surface area contributed by atoms with Crippen LogP contribution in [0.4, 0.5) is 0 Å². The van der Waals surface area contributed by atoms with Crippen molar-refractivity contribution in [1.82, 2.24) is 15.3 Å². The van der Waals surface area contributed by atoms with Gasteiger partial charge >= 0.3 is 0 Å². The van der Waals surface area contributed by atoms with Gasteiger partial charge in [-0.1, -0.05) is 6.07 Å². The number of ether oxygens (including phenoxy) is 1. The van der Waals surface area contributed by atoms with Gasteiger partial charge in [0.15, 0.2) is 0 Å². The van der Waals surface area contributed by atoms with Crippen molar-refractivity contribution in [1.29, 1.82) is 0 Å². The Kier molecular flexibility index (Phi) is 4.28. The lowest BCUT2D eigenvalue weighted by Gasteiger charge is -2.16. The van der Waals surface area contributed by atoms with Crippen molar-refractivity contribution in [2.75, 3.05) is 14.2 Å². The third kappa shape index (κ3) is 2.68. The fourth-order valence-electron chi connectivity index (χ4n) is 1.81. The Morgan fingerprint density at radius 3 is 2.72 bits per heavy atom. The molecule has 1 heterocycles. The summed E-state index contributed by atoms with van der Waals surface area (Å²) in [5.41, 5.74) is 1.99. The van der Waals surface area contributed by atoms with E-state index in [0.29, 0.717) is 0 Å². The molecule has 1 N–H and O–H groups in total. The fraction of sp³-hybridized carbons (Fsp3) is 0.231. The van der Waals surface area contributed by atoms with Gasteiger partial charge in [0.2, 0.25) is 0 Å². The van der Waals surface area contributed by atoms with Crippen LogP contribution in [0.15, 0.2) is 41.3 Å². The number of rotatable bonds is 4. The van der Waals surface area contributed by atoms with Crippen LogP contribution < -0.4 is 10.1 Å². The van der Waals surface area contributed by atoms with Crippen LogP contribution >= 0.6 is 15.9 Å². The Labute approximate surface area is 115 Å². The van der Waals surface area contributed by atoms with Crippen LogP contribution in [0.5, 0.6) is 5.75 Å². The van der Waals surface area contributed by atoms with E-state index in [1.54, 1.807) is 25.7 Å². The number of aromatic nitrogens is 2. The standard InChI is InChI=1S/C13H14BrN3O/c1-15-13(11-8-16-5-6-17-11)9-3-4-12(18-2)10(14)7-9/h3-8,13,15H,1-2H3. The summed E-state index contributed by atoms with van der Waals surface area (Å²) in [6.45, 7) is 0. The largest absolute Gasteiger partial charge is 0.496 e. The molecule has 1 aromatic heterocycles. The number of hydrogen-bond acceptors (Lipinski definition) is 4. The molecule has 0 aliphatic rings. The first-order valence-electron chi connectivity index (χ1n) is 5.53. The van der Waals surface area contributed by atoms with E-state index < -0.39 is 0 Å². The average Bonchev–Trinajstić information content (AvgIpc) is 2.41. The molecule has 1 unspecified atom stereocenters. The van der Waals surface area contributed by atoms with Crippen molar-refractivity contribution >= 4 is 15.9 Å². The monoisotopic (exact) mass is 307 g/mol. The summed E-state index contributed by atoms with van der Waals surface area (Å²) in [7, 11) is 3.55. The van der Waals surface area contributed by atoms with Crippen molar-refractivity contribution in [3.63, 3.8) is 0 Å². The molecule has 0 amide bonds. The number of methoxy groups -OCH3 is 1. The van der Waals surface area contributed by atoms with Crippen molar-refractivity contribution in [3.8, 4) is 5.75 Å². The molecule has 2 rings (SSSR count). The lowest BCUT2D eigenvalue weighted by Crippen LogP contribution is -2.19. The molecule has 0 aliphatic heterocycles. The Morgan fingerprint density at radius 1 is 1.33 bits per heavy atom. The van der Waals surface area contributed by atoms with E-state index in [1.165, 1.54) is 0 Å². The maximum absolute atomic E-state index is 5.22. The molecular formula is C13H14BrN3O. The van der Waals surface area contributed by atoms with Gasteiger partial charge in [-0.2, -0.15) is 0 Å². The highest BCUT2D eigenvalue weighted by Gasteiger charge is 2.14. The van der Waals surface area contributed by atoms with Crippen LogP contribution in [-0.2, 0) is 0 Å². The maximum Gasteiger partial charge on any atom is 0.133 e. The molecule has 0 bridgehead atoms. The molecule has 0 aliphatic carbocycles. The van der Waals surface area contributed by atoms with Gasteiger partial charge in [-0.15, -0.1) is 0 Å². The Morgan fingerprint density at radius 2 is 2.17 bits per heavy atom. The van der Waals surface area contributed by atoms with Gasteiger partial charge in [-0.25, -0.2) is 0 Å². The first kappa shape index (κ1) is 13.0. The predicted molar refractivity (Wildman–Crippen MR) is 73.6 cm³/mol. The van der Waals surface area contributed by atoms with E-state index >= 15 is 0 Å². The maximum atomic E-state index is 5.22. The second kappa shape index (κ2) is 5.93. The van der Waals surface area contributed by atoms with Gasteiger partial charge in [0.1, 0.15) is 5.75 Å². The lowest BCUT2D eigenvalue weighted by atomic mass is 10.0. The molecule has 2 aromatic rings. The van der Waals surface area contributed by atoms with E-state index in [-0.39, 0.29) is 6.04 Å². The minimum Gasteiger partial charge on any atom is -0.496 e. The van der Waals surface area contributed by atoms with Crippen molar-refractivity contribution in [2.24, 2.45) is 0 Å². The summed E-state index contributed by atoms with van der Waals surface area (Å²) in [5, 5.41) is 3.24. The van der Waals surface area contributed by atoms with Gasteiger partial charge in [0, 0.05) is 12.4 Å². The predicted octanol–water partition coefficient (Wildman–Crippen LogP) is 2.56. The summed E-state index contributed by atoms with van der Waals surface area (Å²) >= 11 is 3.49. The first-order chi connectivity index (χ1) is 8.76. The zero-order valence-electron chi connectivity index (χ0n) is 10.2. The van der Waals surface area contributed by atoms with Crippen molar-refractivity contribution in [2.45, 2.75) is 6.04 Å². The zero-order valence-corrected chi connectivity index (χ0v) is 11.8. The second-order valence-corrected chi connectivity index (χ2v) is 4.60. The molecule has 0 saturated carbocycles. The molecular weight excluding hydrogens is 294 g/mol. The highest BCUT2D eigenvalue weighted by Crippen LogP contribution is 2.29. The highest BCUT2D eigenvalue weighted by atomic mass is 79.9. The van der Waals surface area contributed by atoms with E-state index in [9.17, 15) is 0 Å². The average molecular weight is 308 g/mol. The van der Waals surface area contributed by atoms with Gasteiger partial charge < -0.3 is 10.1 Å². The van der Waals surface area contributed by atoms with Gasteiger partial charge in [-0.05, 0) is 40.7 Å². The van der Waals surface area contributed by atoms with Gasteiger partial charge in [0.05, 0.1) is 29.5 Å². The first-order valence-corrected chi connectivity index (χ1v) is 6.32. The SMILES string of the molecule is CNC(c1ccc(OC)c(Br)c1)c1cnccn1. The molecule has 1 aromatic carbocycles. The van der Waals surface area contributed by atoms with E-state index in [4.69, 9.17) is 4.74 Å². The van der Waals surface area contributed by atoms with Gasteiger partial charge in [0.25, 0.3) is 0 Å². The van der Waals surface area contributed by atoms with Crippen molar-refractivity contribution in [3.05, 3.63) is 52.5 Å². The zero-order chi connectivity index (χ0) is 13.0. The smallest absolute Gasteiger partial charge is 0.133 e. The minimum absolute atomic E-state index is 0.0147. The van der Waals surface area contributed by atoms with Crippen LogP contribution in [0, 0.1) is 0 Å².